The van der Waals surface area contributed by atoms with Crippen LogP contribution >= 0.6 is 0 Å². The van der Waals surface area contributed by atoms with Gasteiger partial charge in [-0.15, -0.1) is 0 Å². The summed E-state index contributed by atoms with van der Waals surface area (Å²) in [6, 6.07) is 0. The molecule has 4 fully saturated rings. The van der Waals surface area contributed by atoms with Crippen LogP contribution < -0.4 is 0 Å². The quantitative estimate of drug-likeness (QED) is 0.493. The van der Waals surface area contributed by atoms with Crippen LogP contribution in [0.5, 0.6) is 0 Å². The first-order chi connectivity index (χ1) is 14.5. The van der Waals surface area contributed by atoms with Gasteiger partial charge >= 0.3 is 0 Å². The van der Waals surface area contributed by atoms with E-state index in [0.29, 0.717) is 52.8 Å². The Morgan fingerprint density at radius 2 is 1.65 bits per heavy atom. The van der Waals surface area contributed by atoms with Gasteiger partial charge in [0.1, 0.15) is 0 Å². The van der Waals surface area contributed by atoms with E-state index < -0.39 is 5.60 Å². The Hall–Kier alpha value is -0.160. The lowest BCUT2D eigenvalue weighted by Crippen LogP contribution is -2.58. The van der Waals surface area contributed by atoms with E-state index in [1.54, 1.807) is 6.92 Å². The van der Waals surface area contributed by atoms with Crippen molar-refractivity contribution in [3.05, 3.63) is 0 Å². The van der Waals surface area contributed by atoms with E-state index in [2.05, 4.69) is 20.8 Å². The van der Waals surface area contributed by atoms with Gasteiger partial charge < -0.3 is 20.4 Å². The van der Waals surface area contributed by atoms with Crippen LogP contribution in [-0.2, 0) is 0 Å². The number of fused-ring (bicyclic) bond motifs is 5. The minimum absolute atomic E-state index is 0.164. The van der Waals surface area contributed by atoms with E-state index in [1.165, 1.54) is 25.7 Å². The summed E-state index contributed by atoms with van der Waals surface area (Å²) in [6.45, 7) is 8.97. The highest BCUT2D eigenvalue weighted by molar-refractivity contribution is 5.11. The van der Waals surface area contributed by atoms with E-state index in [4.69, 9.17) is 0 Å². The summed E-state index contributed by atoms with van der Waals surface area (Å²) in [7, 11) is 0. The number of rotatable bonds is 6. The molecule has 4 aliphatic carbocycles. The summed E-state index contributed by atoms with van der Waals surface area (Å²) in [4.78, 5) is 0. The fourth-order valence-electron chi connectivity index (χ4n) is 9.26. The Bertz CT molecular complexity index is 635. The number of hydrogen-bond donors (Lipinski definition) is 4. The van der Waals surface area contributed by atoms with E-state index >= 15 is 0 Å². The molecule has 0 aliphatic heterocycles. The molecular weight excluding hydrogens is 388 g/mol. The Kier molecular flexibility index (Phi) is 6.62. The van der Waals surface area contributed by atoms with E-state index in [0.717, 1.165) is 38.5 Å². The Morgan fingerprint density at radius 3 is 2.35 bits per heavy atom. The minimum Gasteiger partial charge on any atom is -0.393 e. The van der Waals surface area contributed by atoms with Crippen LogP contribution in [0, 0.1) is 46.3 Å². The van der Waals surface area contributed by atoms with Crippen LogP contribution in [0.4, 0.5) is 0 Å². The van der Waals surface area contributed by atoms with Gasteiger partial charge in [0.05, 0.1) is 24.4 Å². The van der Waals surface area contributed by atoms with Crippen molar-refractivity contribution < 1.29 is 20.4 Å². The summed E-state index contributed by atoms with van der Waals surface area (Å²) in [6.07, 6.45) is 11.2. The lowest BCUT2D eigenvalue weighted by molar-refractivity contribution is -0.174. The first-order valence-electron chi connectivity index (χ1n) is 13.2. The molecule has 11 atom stereocenters. The molecule has 180 valence electrons. The molecule has 4 saturated carbocycles. The largest absolute Gasteiger partial charge is 0.393 e. The molecule has 0 amide bonds. The summed E-state index contributed by atoms with van der Waals surface area (Å²) >= 11 is 0. The zero-order chi connectivity index (χ0) is 22.6. The van der Waals surface area contributed by atoms with Gasteiger partial charge in [0.2, 0.25) is 0 Å². The molecular formula is C27H48O4. The third kappa shape index (κ3) is 4.13. The lowest BCUT2D eigenvalue weighted by Gasteiger charge is -2.62. The predicted molar refractivity (Wildman–Crippen MR) is 123 cm³/mol. The molecule has 4 aliphatic rings. The normalized spacial score (nSPS) is 50.1. The first-order valence-corrected chi connectivity index (χ1v) is 13.2. The number of aliphatic hydroxyl groups excluding tert-OH is 3. The molecule has 4 N–H and O–H groups in total. The third-order valence-corrected chi connectivity index (χ3v) is 11.1. The van der Waals surface area contributed by atoms with Crippen molar-refractivity contribution >= 4 is 0 Å². The van der Waals surface area contributed by atoms with Crippen LogP contribution in [0.1, 0.15) is 98.3 Å². The average Bonchev–Trinajstić information content (AvgIpc) is 3.06. The summed E-state index contributed by atoms with van der Waals surface area (Å²) in [5, 5.41) is 41.1. The second-order valence-corrected chi connectivity index (χ2v) is 13.0. The molecule has 4 rings (SSSR count). The maximum atomic E-state index is 11.4. The van der Waals surface area contributed by atoms with Crippen LogP contribution in [-0.4, -0.2) is 44.8 Å². The fourth-order valence-corrected chi connectivity index (χ4v) is 9.26. The Morgan fingerprint density at radius 1 is 0.968 bits per heavy atom. The van der Waals surface area contributed by atoms with Crippen molar-refractivity contribution in [3.63, 3.8) is 0 Å². The molecule has 0 aromatic carbocycles. The summed E-state index contributed by atoms with van der Waals surface area (Å²) in [5.74, 6) is 3.47. The standard InChI is InChI=1S/C27H48O4/c1-17(6-5-11-25(2,31)16-28)20-7-8-21-24-22(10-13-27(20,21)4)26(3)12-9-19(29)14-18(26)15-23(24)30/h17-24,28-31H,5-16H2,1-4H3/t17-,18+,19+,20-,21+,22+,23-,24+,25-,26+,27-/m1/s1. The van der Waals surface area contributed by atoms with Gasteiger partial charge in [-0.05, 0) is 111 Å². The molecule has 4 heteroatoms. The van der Waals surface area contributed by atoms with E-state index in [9.17, 15) is 20.4 Å². The maximum absolute atomic E-state index is 11.4. The number of aliphatic hydroxyl groups is 4. The smallest absolute Gasteiger partial charge is 0.0849 e. The SMILES string of the molecule is C[C@H](CCC[C@@](C)(O)CO)[C@H]1CC[C@H]2[C@@H]3[C@H](O)C[C@@H]4C[C@@H](O)CC[C@]4(C)[C@H]3CC[C@]12C. The van der Waals surface area contributed by atoms with Crippen LogP contribution in [0.25, 0.3) is 0 Å². The first kappa shape index (κ1) is 24.0. The Labute approximate surface area is 189 Å². The molecule has 0 aromatic heterocycles. The van der Waals surface area contributed by atoms with Crippen LogP contribution in [0.2, 0.25) is 0 Å². The molecule has 0 saturated heterocycles. The van der Waals surface area contributed by atoms with Crippen molar-refractivity contribution in [2.75, 3.05) is 6.61 Å². The van der Waals surface area contributed by atoms with Gasteiger partial charge in [0.15, 0.2) is 0 Å². The van der Waals surface area contributed by atoms with Gasteiger partial charge in [-0.25, -0.2) is 0 Å². The average molecular weight is 437 g/mol. The van der Waals surface area contributed by atoms with Crippen LogP contribution in [0.3, 0.4) is 0 Å². The molecule has 0 bridgehead atoms. The molecule has 0 radical (unpaired) electrons. The Balaban J connectivity index is 1.46. The third-order valence-electron chi connectivity index (χ3n) is 11.1. The monoisotopic (exact) mass is 436 g/mol. The van der Waals surface area contributed by atoms with Gasteiger partial charge in [0.25, 0.3) is 0 Å². The second kappa shape index (κ2) is 8.56. The highest BCUT2D eigenvalue weighted by Crippen LogP contribution is 2.68. The minimum atomic E-state index is -0.953. The van der Waals surface area contributed by atoms with Crippen molar-refractivity contribution in [1.29, 1.82) is 0 Å². The highest BCUT2D eigenvalue weighted by atomic mass is 16.3. The molecule has 31 heavy (non-hydrogen) atoms. The molecule has 4 nitrogen and oxygen atoms in total. The molecule has 0 heterocycles. The molecule has 0 spiro atoms. The van der Waals surface area contributed by atoms with Crippen LogP contribution in [0.15, 0.2) is 0 Å². The van der Waals surface area contributed by atoms with E-state index in [1.807, 2.05) is 0 Å². The predicted octanol–water partition coefficient (Wildman–Crippen LogP) is 4.53. The molecule has 0 unspecified atom stereocenters. The topological polar surface area (TPSA) is 80.9 Å². The van der Waals surface area contributed by atoms with E-state index in [-0.39, 0.29) is 18.8 Å². The van der Waals surface area contributed by atoms with Crippen molar-refractivity contribution in [2.24, 2.45) is 46.3 Å². The number of hydrogen-bond acceptors (Lipinski definition) is 4. The maximum Gasteiger partial charge on any atom is 0.0849 e. The second-order valence-electron chi connectivity index (χ2n) is 13.0. The summed E-state index contributed by atoms with van der Waals surface area (Å²) in [5.41, 5.74) is -0.339. The summed E-state index contributed by atoms with van der Waals surface area (Å²) < 4.78 is 0. The zero-order valence-corrected chi connectivity index (χ0v) is 20.4. The molecule has 0 aromatic rings. The lowest BCUT2D eigenvalue weighted by atomic mass is 9.43. The van der Waals surface area contributed by atoms with Gasteiger partial charge in [0, 0.05) is 0 Å². The fraction of sp³-hybridized carbons (Fsp3) is 1.00. The van der Waals surface area contributed by atoms with Crippen molar-refractivity contribution in [1.82, 2.24) is 0 Å². The highest BCUT2D eigenvalue weighted by Gasteiger charge is 2.62. The van der Waals surface area contributed by atoms with Crippen molar-refractivity contribution in [3.8, 4) is 0 Å². The van der Waals surface area contributed by atoms with Crippen molar-refractivity contribution in [2.45, 2.75) is 116 Å². The van der Waals surface area contributed by atoms with Gasteiger partial charge in [-0.2, -0.15) is 0 Å². The van der Waals surface area contributed by atoms with Gasteiger partial charge in [-0.1, -0.05) is 33.6 Å². The van der Waals surface area contributed by atoms with Gasteiger partial charge in [-0.3, -0.25) is 0 Å². The zero-order valence-electron chi connectivity index (χ0n) is 20.4.